The molecule has 0 amide bonds. The lowest BCUT2D eigenvalue weighted by Crippen LogP contribution is -2.17. The van der Waals surface area contributed by atoms with Gasteiger partial charge in [-0.1, -0.05) is 54.6 Å². The Bertz CT molecular complexity index is 629. The zero-order valence-corrected chi connectivity index (χ0v) is 12.2. The Morgan fingerprint density at radius 2 is 1.62 bits per heavy atom. The van der Waals surface area contributed by atoms with Crippen molar-refractivity contribution in [2.45, 2.75) is 6.92 Å². The third-order valence-corrected chi connectivity index (χ3v) is 3.16. The first-order valence-electron chi connectivity index (χ1n) is 6.93. The molecule has 0 saturated heterocycles. The standard InChI is InChI=1S/C19H19NO/c1-3-14-20(18-12-8-5-9-13-18)15-19(16(2)21)17-10-6-4-7-11-17/h3-13,15H,1,14H2,2H3/b19-15+. The normalized spacial score (nSPS) is 11.0. The lowest BCUT2D eigenvalue weighted by atomic mass is 10.0. The quantitative estimate of drug-likeness (QED) is 0.579. The van der Waals surface area contributed by atoms with Gasteiger partial charge in [0.15, 0.2) is 5.78 Å². The molecule has 0 unspecified atom stereocenters. The van der Waals surface area contributed by atoms with E-state index in [0.717, 1.165) is 11.3 Å². The first-order chi connectivity index (χ1) is 10.2. The second-order valence-corrected chi connectivity index (χ2v) is 4.74. The van der Waals surface area contributed by atoms with E-state index in [1.165, 1.54) is 0 Å². The summed E-state index contributed by atoms with van der Waals surface area (Å²) in [4.78, 5) is 14.0. The number of hydrogen-bond acceptors (Lipinski definition) is 2. The van der Waals surface area contributed by atoms with Crippen LogP contribution in [0.3, 0.4) is 0 Å². The van der Waals surface area contributed by atoms with Crippen molar-refractivity contribution >= 4 is 17.0 Å². The summed E-state index contributed by atoms with van der Waals surface area (Å²) in [5.41, 5.74) is 2.66. The molecule has 2 nitrogen and oxygen atoms in total. The number of para-hydroxylation sites is 1. The van der Waals surface area contributed by atoms with E-state index < -0.39 is 0 Å². The minimum Gasteiger partial charge on any atom is -0.343 e. The number of carbonyl (C=O) groups is 1. The molecule has 2 rings (SSSR count). The maximum absolute atomic E-state index is 12.0. The van der Waals surface area contributed by atoms with Gasteiger partial charge in [-0.15, -0.1) is 6.58 Å². The molecule has 0 bridgehead atoms. The van der Waals surface area contributed by atoms with Gasteiger partial charge in [-0.05, 0) is 24.6 Å². The largest absolute Gasteiger partial charge is 0.343 e. The van der Waals surface area contributed by atoms with E-state index >= 15 is 0 Å². The van der Waals surface area contributed by atoms with Crippen LogP contribution >= 0.6 is 0 Å². The topological polar surface area (TPSA) is 20.3 Å². The summed E-state index contributed by atoms with van der Waals surface area (Å²) in [6.45, 7) is 6.03. The van der Waals surface area contributed by atoms with E-state index in [4.69, 9.17) is 0 Å². The van der Waals surface area contributed by atoms with Gasteiger partial charge in [0.25, 0.3) is 0 Å². The molecule has 0 saturated carbocycles. The van der Waals surface area contributed by atoms with E-state index in [0.29, 0.717) is 12.1 Å². The maximum Gasteiger partial charge on any atom is 0.161 e. The second-order valence-electron chi connectivity index (χ2n) is 4.74. The van der Waals surface area contributed by atoms with Crippen LogP contribution < -0.4 is 4.90 Å². The van der Waals surface area contributed by atoms with E-state index in [9.17, 15) is 4.79 Å². The Balaban J connectivity index is 2.43. The van der Waals surface area contributed by atoms with Crippen LogP contribution in [0.15, 0.2) is 79.5 Å². The molecule has 106 valence electrons. The molecule has 0 fully saturated rings. The van der Waals surface area contributed by atoms with Gasteiger partial charge in [-0.3, -0.25) is 4.79 Å². The molecule has 0 aliphatic rings. The Kier molecular flexibility index (Phi) is 5.10. The zero-order valence-electron chi connectivity index (χ0n) is 12.2. The highest BCUT2D eigenvalue weighted by Gasteiger charge is 2.10. The number of rotatable bonds is 6. The highest BCUT2D eigenvalue weighted by molar-refractivity contribution is 6.19. The number of hydrogen-bond donors (Lipinski definition) is 0. The number of benzene rings is 2. The summed E-state index contributed by atoms with van der Waals surface area (Å²) in [5, 5.41) is 0. The first-order valence-corrected chi connectivity index (χ1v) is 6.93. The molecule has 0 aliphatic carbocycles. The number of nitrogens with zero attached hydrogens (tertiary/aromatic N) is 1. The summed E-state index contributed by atoms with van der Waals surface area (Å²) in [7, 11) is 0. The highest BCUT2D eigenvalue weighted by atomic mass is 16.1. The number of anilines is 1. The van der Waals surface area contributed by atoms with Crippen LogP contribution in [0.4, 0.5) is 5.69 Å². The Morgan fingerprint density at radius 1 is 1.05 bits per heavy atom. The molecule has 0 aromatic heterocycles. The van der Waals surface area contributed by atoms with Crippen molar-refractivity contribution in [3.63, 3.8) is 0 Å². The minimum atomic E-state index is 0.0474. The van der Waals surface area contributed by atoms with Crippen molar-refractivity contribution in [2.24, 2.45) is 0 Å². The van der Waals surface area contributed by atoms with Crippen molar-refractivity contribution in [1.29, 1.82) is 0 Å². The molecule has 0 aliphatic heterocycles. The predicted octanol–water partition coefficient (Wildman–Crippen LogP) is 4.31. The average molecular weight is 277 g/mol. The van der Waals surface area contributed by atoms with Gasteiger partial charge in [0, 0.05) is 24.0 Å². The molecule has 0 radical (unpaired) electrons. The third kappa shape index (κ3) is 3.93. The summed E-state index contributed by atoms with van der Waals surface area (Å²) in [5.74, 6) is 0.0474. The van der Waals surface area contributed by atoms with Crippen LogP contribution in [-0.4, -0.2) is 12.3 Å². The Hall–Kier alpha value is -2.61. The van der Waals surface area contributed by atoms with Crippen molar-refractivity contribution in [3.05, 3.63) is 85.1 Å². The van der Waals surface area contributed by atoms with Crippen LogP contribution in [0.1, 0.15) is 12.5 Å². The van der Waals surface area contributed by atoms with E-state index in [-0.39, 0.29) is 5.78 Å². The van der Waals surface area contributed by atoms with E-state index in [2.05, 4.69) is 6.58 Å². The molecular formula is C19H19NO. The van der Waals surface area contributed by atoms with E-state index in [1.807, 2.05) is 77.8 Å². The minimum absolute atomic E-state index is 0.0474. The van der Waals surface area contributed by atoms with Gasteiger partial charge in [0.05, 0.1) is 0 Å². The van der Waals surface area contributed by atoms with Crippen LogP contribution in [0.5, 0.6) is 0 Å². The summed E-state index contributed by atoms with van der Waals surface area (Å²) in [6.07, 6.45) is 3.72. The lowest BCUT2D eigenvalue weighted by molar-refractivity contribution is -0.111. The smallest absolute Gasteiger partial charge is 0.161 e. The molecular weight excluding hydrogens is 258 g/mol. The van der Waals surface area contributed by atoms with Crippen molar-refractivity contribution in [1.82, 2.24) is 0 Å². The number of carbonyl (C=O) groups excluding carboxylic acids is 1. The summed E-state index contributed by atoms with van der Waals surface area (Å²) >= 11 is 0. The van der Waals surface area contributed by atoms with Gasteiger partial charge in [0.1, 0.15) is 0 Å². The van der Waals surface area contributed by atoms with Gasteiger partial charge in [-0.25, -0.2) is 0 Å². The molecule has 0 spiro atoms. The van der Waals surface area contributed by atoms with Gasteiger partial charge in [-0.2, -0.15) is 0 Å². The molecule has 2 heteroatoms. The summed E-state index contributed by atoms with van der Waals surface area (Å²) < 4.78 is 0. The summed E-state index contributed by atoms with van der Waals surface area (Å²) in [6, 6.07) is 19.7. The van der Waals surface area contributed by atoms with Gasteiger partial charge in [0.2, 0.25) is 0 Å². The van der Waals surface area contributed by atoms with Crippen molar-refractivity contribution in [2.75, 3.05) is 11.4 Å². The fourth-order valence-corrected chi connectivity index (χ4v) is 2.13. The monoisotopic (exact) mass is 277 g/mol. The molecule has 2 aromatic rings. The fraction of sp³-hybridized carbons (Fsp3) is 0.105. The highest BCUT2D eigenvalue weighted by Crippen LogP contribution is 2.20. The molecule has 0 heterocycles. The Morgan fingerprint density at radius 3 is 2.14 bits per heavy atom. The first kappa shape index (κ1) is 14.8. The van der Waals surface area contributed by atoms with Crippen LogP contribution in [0.25, 0.3) is 5.57 Å². The molecule has 21 heavy (non-hydrogen) atoms. The van der Waals surface area contributed by atoms with Crippen LogP contribution in [-0.2, 0) is 4.79 Å². The average Bonchev–Trinajstić information content (AvgIpc) is 2.52. The van der Waals surface area contributed by atoms with Gasteiger partial charge >= 0.3 is 0 Å². The van der Waals surface area contributed by atoms with Crippen molar-refractivity contribution < 1.29 is 4.79 Å². The third-order valence-electron chi connectivity index (χ3n) is 3.16. The van der Waals surface area contributed by atoms with Gasteiger partial charge < -0.3 is 4.90 Å². The maximum atomic E-state index is 12.0. The predicted molar refractivity (Wildman–Crippen MR) is 89.1 cm³/mol. The Labute approximate surface area is 126 Å². The van der Waals surface area contributed by atoms with E-state index in [1.54, 1.807) is 6.92 Å². The lowest BCUT2D eigenvalue weighted by Gasteiger charge is -2.20. The molecule has 0 atom stereocenters. The van der Waals surface area contributed by atoms with Crippen molar-refractivity contribution in [3.8, 4) is 0 Å². The number of Topliss-reactive ketones (excluding diaryl/α,β-unsaturated/α-hetero) is 1. The molecule has 2 aromatic carbocycles. The molecule has 0 N–H and O–H groups in total. The fourth-order valence-electron chi connectivity index (χ4n) is 2.13. The SMILES string of the molecule is C=CCN(/C=C(\C(C)=O)c1ccccc1)c1ccccc1. The number of allylic oxidation sites excluding steroid dienone is 1. The second kappa shape index (κ2) is 7.25. The van der Waals surface area contributed by atoms with Crippen LogP contribution in [0.2, 0.25) is 0 Å². The van der Waals surface area contributed by atoms with Crippen LogP contribution in [0, 0.1) is 0 Å². The number of ketones is 1. The zero-order chi connectivity index (χ0) is 15.1.